The van der Waals surface area contributed by atoms with E-state index in [-0.39, 0.29) is 18.5 Å². The van der Waals surface area contributed by atoms with E-state index in [1.165, 1.54) is 0 Å². The van der Waals surface area contributed by atoms with Crippen LogP contribution in [0.1, 0.15) is 98.3 Å². The molecule has 0 aliphatic carbocycles. The van der Waals surface area contributed by atoms with E-state index < -0.39 is 11.2 Å². The molecule has 0 radical (unpaired) electrons. The van der Waals surface area contributed by atoms with Gasteiger partial charge in [0.15, 0.2) is 0 Å². The Kier molecular flexibility index (Phi) is 13.4. The summed E-state index contributed by atoms with van der Waals surface area (Å²) in [7, 11) is 0. The lowest BCUT2D eigenvalue weighted by Gasteiger charge is -2.24. The zero-order valence-electron chi connectivity index (χ0n) is 17.7. The molecule has 0 bridgehead atoms. The van der Waals surface area contributed by atoms with Gasteiger partial charge in [0.1, 0.15) is 5.60 Å². The van der Waals surface area contributed by atoms with Gasteiger partial charge in [0.05, 0.1) is 12.2 Å². The predicted octanol–water partition coefficient (Wildman–Crippen LogP) is 3.91. The Labute approximate surface area is 164 Å². The van der Waals surface area contributed by atoms with Gasteiger partial charge in [-0.1, -0.05) is 12.8 Å². The highest BCUT2D eigenvalue weighted by atomic mass is 16.6. The second-order valence-corrected chi connectivity index (χ2v) is 8.47. The number of unbranched alkanes of at least 4 members (excludes halogenated alkanes) is 4. The summed E-state index contributed by atoms with van der Waals surface area (Å²) in [5.74, 6) is -0.383. The van der Waals surface area contributed by atoms with Gasteiger partial charge in [-0.25, -0.2) is 0 Å². The van der Waals surface area contributed by atoms with Gasteiger partial charge in [-0.05, 0) is 72.6 Å². The first-order valence-electron chi connectivity index (χ1n) is 10.3. The van der Waals surface area contributed by atoms with E-state index in [4.69, 9.17) is 14.6 Å². The van der Waals surface area contributed by atoms with Crippen molar-refractivity contribution in [1.29, 1.82) is 0 Å². The summed E-state index contributed by atoms with van der Waals surface area (Å²) < 4.78 is 10.6. The Hall–Kier alpha value is -1.14. The Morgan fingerprint density at radius 3 is 1.93 bits per heavy atom. The molecule has 0 saturated carbocycles. The highest BCUT2D eigenvalue weighted by Gasteiger charge is 2.21. The van der Waals surface area contributed by atoms with Crippen LogP contribution in [0.5, 0.6) is 0 Å². The first kappa shape index (κ1) is 25.9. The van der Waals surface area contributed by atoms with Crippen molar-refractivity contribution >= 4 is 11.9 Å². The Morgan fingerprint density at radius 1 is 0.778 bits per heavy atom. The first-order valence-corrected chi connectivity index (χ1v) is 10.3. The molecule has 0 aromatic rings. The molecule has 0 aromatic carbocycles. The molecular formula is C21H40O6. The fraction of sp³-hybridized carbons (Fsp3) is 0.905. The minimum atomic E-state index is -0.661. The van der Waals surface area contributed by atoms with Gasteiger partial charge in [0.25, 0.3) is 0 Å². The zero-order chi connectivity index (χ0) is 20.8. The van der Waals surface area contributed by atoms with E-state index in [2.05, 4.69) is 0 Å². The molecule has 0 spiro atoms. The fourth-order valence-electron chi connectivity index (χ4n) is 2.73. The summed E-state index contributed by atoms with van der Waals surface area (Å²) in [6, 6.07) is 0. The number of esters is 2. The highest BCUT2D eigenvalue weighted by Crippen LogP contribution is 2.18. The minimum Gasteiger partial charge on any atom is -0.466 e. The number of carbonyl (C=O) groups excluding carboxylic acids is 2. The van der Waals surface area contributed by atoms with E-state index in [1.54, 1.807) is 13.8 Å². The second-order valence-electron chi connectivity index (χ2n) is 8.47. The number of ether oxygens (including phenoxy) is 2. The Balaban J connectivity index is 3.57. The smallest absolute Gasteiger partial charge is 0.306 e. The lowest BCUT2D eigenvalue weighted by atomic mass is 10.0. The summed E-state index contributed by atoms with van der Waals surface area (Å²) in [5, 5.41) is 18.4. The highest BCUT2D eigenvalue weighted by molar-refractivity contribution is 5.70. The fourth-order valence-corrected chi connectivity index (χ4v) is 2.73. The van der Waals surface area contributed by atoms with E-state index in [1.807, 2.05) is 13.8 Å². The number of carbonyl (C=O) groups is 2. The van der Waals surface area contributed by atoms with Crippen molar-refractivity contribution in [2.45, 2.75) is 110 Å². The maximum atomic E-state index is 11.8. The molecule has 0 saturated heterocycles. The van der Waals surface area contributed by atoms with Crippen molar-refractivity contribution in [2.75, 3.05) is 13.2 Å². The van der Waals surface area contributed by atoms with Gasteiger partial charge < -0.3 is 19.7 Å². The lowest BCUT2D eigenvalue weighted by molar-refractivity contribution is -0.157. The summed E-state index contributed by atoms with van der Waals surface area (Å²) in [6.07, 6.45) is 7.64. The number of aliphatic hydroxyl groups excluding tert-OH is 1. The zero-order valence-corrected chi connectivity index (χ0v) is 17.7. The van der Waals surface area contributed by atoms with Crippen LogP contribution >= 0.6 is 0 Å². The Morgan fingerprint density at radius 2 is 1.37 bits per heavy atom. The maximum Gasteiger partial charge on any atom is 0.306 e. The molecule has 160 valence electrons. The largest absolute Gasteiger partial charge is 0.466 e. The van der Waals surface area contributed by atoms with Crippen LogP contribution in [-0.4, -0.2) is 46.6 Å². The molecule has 0 aliphatic heterocycles. The van der Waals surface area contributed by atoms with E-state index in [0.717, 1.165) is 38.5 Å². The average molecular weight is 389 g/mol. The molecule has 0 aliphatic rings. The quantitative estimate of drug-likeness (QED) is 0.308. The van der Waals surface area contributed by atoms with E-state index in [0.29, 0.717) is 38.7 Å². The van der Waals surface area contributed by atoms with Crippen LogP contribution < -0.4 is 0 Å². The molecule has 0 heterocycles. The van der Waals surface area contributed by atoms with Crippen LogP contribution in [0, 0.1) is 0 Å². The molecule has 0 fully saturated rings. The molecule has 0 rings (SSSR count). The van der Waals surface area contributed by atoms with Crippen molar-refractivity contribution in [2.24, 2.45) is 0 Å². The van der Waals surface area contributed by atoms with Crippen molar-refractivity contribution in [3.8, 4) is 0 Å². The van der Waals surface area contributed by atoms with Crippen molar-refractivity contribution in [3.05, 3.63) is 0 Å². The third-order valence-corrected chi connectivity index (χ3v) is 4.28. The van der Waals surface area contributed by atoms with Crippen molar-refractivity contribution < 1.29 is 29.3 Å². The maximum absolute atomic E-state index is 11.8. The third-order valence-electron chi connectivity index (χ3n) is 4.28. The van der Waals surface area contributed by atoms with Gasteiger partial charge in [-0.2, -0.15) is 0 Å². The van der Waals surface area contributed by atoms with Crippen LogP contribution in [-0.2, 0) is 19.1 Å². The number of hydrogen-bond donors (Lipinski definition) is 2. The molecule has 6 heteroatoms. The van der Waals surface area contributed by atoms with Crippen molar-refractivity contribution in [3.63, 3.8) is 0 Å². The van der Waals surface area contributed by atoms with Gasteiger partial charge in [0.2, 0.25) is 0 Å². The van der Waals surface area contributed by atoms with Gasteiger partial charge >= 0.3 is 11.9 Å². The van der Waals surface area contributed by atoms with E-state index in [9.17, 15) is 14.7 Å². The number of hydrogen-bond acceptors (Lipinski definition) is 6. The monoisotopic (exact) mass is 388 g/mol. The summed E-state index contributed by atoms with van der Waals surface area (Å²) in [5.41, 5.74) is -1.19. The topological polar surface area (TPSA) is 93.1 Å². The molecular weight excluding hydrogens is 348 g/mol. The van der Waals surface area contributed by atoms with Crippen LogP contribution in [0.4, 0.5) is 0 Å². The average Bonchev–Trinajstić information content (AvgIpc) is 2.54. The minimum absolute atomic E-state index is 0.101. The molecule has 0 aromatic heterocycles. The summed E-state index contributed by atoms with van der Waals surface area (Å²) >= 11 is 0. The summed E-state index contributed by atoms with van der Waals surface area (Å²) in [6.45, 7) is 7.78. The first-order chi connectivity index (χ1) is 12.6. The van der Waals surface area contributed by atoms with Crippen molar-refractivity contribution in [1.82, 2.24) is 0 Å². The van der Waals surface area contributed by atoms with Crippen LogP contribution in [0.2, 0.25) is 0 Å². The Bertz CT molecular complexity index is 411. The van der Waals surface area contributed by atoms with E-state index >= 15 is 0 Å². The second kappa shape index (κ2) is 13.9. The standard InChI is InChI=1S/C21H40O6/c1-20(2,25)14-9-10-17-26-18(23)12-7-5-6-8-13-19(24)27-21(3,4)15-11-16-22/h22,25H,5-17H2,1-4H3. The molecule has 2 N–H and O–H groups in total. The third kappa shape index (κ3) is 18.0. The van der Waals surface area contributed by atoms with Gasteiger partial charge in [-0.15, -0.1) is 0 Å². The normalized spacial score (nSPS) is 12.1. The molecule has 6 nitrogen and oxygen atoms in total. The number of aliphatic hydroxyl groups is 2. The molecule has 0 atom stereocenters. The SMILES string of the molecule is CC(C)(O)CCCCOC(=O)CCCCCCC(=O)OC(C)(C)CCCO. The van der Waals surface area contributed by atoms with Gasteiger partial charge in [0, 0.05) is 19.4 Å². The van der Waals surface area contributed by atoms with Crippen LogP contribution in [0.25, 0.3) is 0 Å². The molecule has 0 unspecified atom stereocenters. The molecule has 0 amide bonds. The van der Waals surface area contributed by atoms with Crippen LogP contribution in [0.15, 0.2) is 0 Å². The number of rotatable bonds is 16. The lowest BCUT2D eigenvalue weighted by Crippen LogP contribution is -2.28. The predicted molar refractivity (Wildman–Crippen MR) is 105 cm³/mol. The summed E-state index contributed by atoms with van der Waals surface area (Å²) in [4.78, 5) is 23.4. The van der Waals surface area contributed by atoms with Crippen LogP contribution in [0.3, 0.4) is 0 Å². The molecule has 27 heavy (non-hydrogen) atoms. The van der Waals surface area contributed by atoms with Gasteiger partial charge in [-0.3, -0.25) is 9.59 Å².